The van der Waals surface area contributed by atoms with Crippen LogP contribution in [0, 0.1) is 5.92 Å². The van der Waals surface area contributed by atoms with Gasteiger partial charge >= 0.3 is 17.9 Å². The number of carboxylic acid groups (broad SMARTS) is 3. The summed E-state index contributed by atoms with van der Waals surface area (Å²) in [6.45, 7) is 14.3. The van der Waals surface area contributed by atoms with Crippen LogP contribution in [-0.4, -0.2) is 138 Å². The first-order valence-electron chi connectivity index (χ1n) is 29.8. The second kappa shape index (κ2) is 31.8. The number of anilines is 6. The Morgan fingerprint density at radius 3 is 1.55 bits per heavy atom. The first-order valence-corrected chi connectivity index (χ1v) is 29.8. The van der Waals surface area contributed by atoms with Gasteiger partial charge in [0.15, 0.2) is 50.9 Å². The van der Waals surface area contributed by atoms with Crippen molar-refractivity contribution in [3.63, 3.8) is 0 Å². The van der Waals surface area contributed by atoms with E-state index < -0.39 is 17.9 Å². The zero-order valence-corrected chi connectivity index (χ0v) is 49.3. The Morgan fingerprint density at radius 1 is 0.553 bits per heavy atom. The number of hydrogen-bond donors (Lipinski definition) is 8. The van der Waals surface area contributed by atoms with E-state index in [1.807, 2.05) is 30.3 Å². The van der Waals surface area contributed by atoms with Gasteiger partial charge < -0.3 is 65.2 Å². The number of carboxylic acids is 3. The van der Waals surface area contributed by atoms with Crippen LogP contribution in [0.1, 0.15) is 127 Å². The Kier molecular flexibility index (Phi) is 23.3. The van der Waals surface area contributed by atoms with Gasteiger partial charge in [-0.1, -0.05) is 127 Å². The van der Waals surface area contributed by atoms with Gasteiger partial charge in [0.2, 0.25) is 17.8 Å². The maximum absolute atomic E-state index is 11.3. The minimum atomic E-state index is -0.941. The maximum atomic E-state index is 11.3. The van der Waals surface area contributed by atoms with Gasteiger partial charge in [-0.2, -0.15) is 29.9 Å². The predicted octanol–water partition coefficient (Wildman–Crippen LogP) is 9.50. The Bertz CT molecular complexity index is 3390. The van der Waals surface area contributed by atoms with Crippen LogP contribution < -0.4 is 31.5 Å². The molecule has 1 saturated carbocycles. The lowest BCUT2D eigenvalue weighted by Crippen LogP contribution is -2.37. The van der Waals surface area contributed by atoms with Crippen molar-refractivity contribution < 1.29 is 34.4 Å². The number of rotatable bonds is 28. The molecule has 2 fully saturated rings. The van der Waals surface area contributed by atoms with Crippen molar-refractivity contribution in [1.82, 2.24) is 58.6 Å². The lowest BCUT2D eigenvalue weighted by Gasteiger charge is -2.28. The number of carbonyl (C=O) groups is 3. The van der Waals surface area contributed by atoms with Crippen molar-refractivity contribution in [2.24, 2.45) is 5.92 Å². The van der Waals surface area contributed by atoms with Crippen molar-refractivity contribution >= 4 is 86.7 Å². The molecule has 10 rings (SSSR count). The summed E-state index contributed by atoms with van der Waals surface area (Å²) in [5, 5.41) is 43.8. The highest BCUT2D eigenvalue weighted by Crippen LogP contribution is 2.33. The summed E-state index contributed by atoms with van der Waals surface area (Å²) in [5.41, 5.74) is 7.03. The molecule has 8 aromatic rings. The van der Waals surface area contributed by atoms with Crippen molar-refractivity contribution in [1.29, 1.82) is 0 Å². The number of fused-ring (bicyclic) bond motifs is 3. The third-order valence-corrected chi connectivity index (χ3v) is 14.6. The summed E-state index contributed by atoms with van der Waals surface area (Å²) in [7, 11) is 0. The summed E-state index contributed by atoms with van der Waals surface area (Å²) < 4.78 is 10.1. The van der Waals surface area contributed by atoms with E-state index >= 15 is 0 Å². The molecule has 1 aliphatic heterocycles. The molecule has 0 bridgehead atoms. The molecule has 0 amide bonds. The minimum Gasteiger partial charge on any atom is -0.480 e. The van der Waals surface area contributed by atoms with Crippen molar-refractivity contribution in [2.75, 3.05) is 77.4 Å². The molecule has 0 atom stereocenters. The molecule has 25 nitrogen and oxygen atoms in total. The van der Waals surface area contributed by atoms with Crippen LogP contribution in [0.2, 0.25) is 0 Å². The number of morpholine rings is 1. The summed E-state index contributed by atoms with van der Waals surface area (Å²) in [5.74, 6) is 1.86. The van der Waals surface area contributed by atoms with Gasteiger partial charge in [0, 0.05) is 45.8 Å². The second-order valence-electron chi connectivity index (χ2n) is 21.7. The molecule has 1 aliphatic carbocycles. The highest BCUT2D eigenvalue weighted by molar-refractivity contribution is 5.87. The van der Waals surface area contributed by atoms with E-state index in [0.717, 1.165) is 75.7 Å². The predicted molar refractivity (Wildman–Crippen MR) is 329 cm³/mol. The van der Waals surface area contributed by atoms with Gasteiger partial charge in [0.05, 0.1) is 32.2 Å². The zero-order valence-electron chi connectivity index (χ0n) is 49.3. The molecule has 85 heavy (non-hydrogen) atoms. The Hall–Kier alpha value is -8.74. The Morgan fingerprint density at radius 2 is 1.04 bits per heavy atom. The number of benzene rings is 2. The third-order valence-electron chi connectivity index (χ3n) is 14.6. The SMILES string of the molecule is CCCCCNc1nc(NCCC(C)C)c2ncn(CC(=O)O)c2n1.CCCCCNc1nc(NCc2ccccc2)c2ncn(CC(=O)O)c2n1.O=C(O)Cn1cnc2c(N3CCOCC3)nc(NCc3ccc(C4CCCCC4)cc3)nc21. The first kappa shape index (κ1) is 62.3. The number of unbranched alkanes of at least 4 members (excludes halogenated alkanes) is 4. The summed E-state index contributed by atoms with van der Waals surface area (Å²) in [6, 6.07) is 18.8. The molecule has 25 heteroatoms. The third kappa shape index (κ3) is 18.4. The molecule has 2 aromatic carbocycles. The van der Waals surface area contributed by atoms with E-state index in [1.54, 1.807) is 4.57 Å². The molecular formula is C60H82N18O7. The molecule has 7 heterocycles. The molecule has 6 aromatic heterocycles. The number of aromatic nitrogens is 12. The standard InChI is InChI=1S/C24H30N6O3.C19H24N6O2.C17H28N6O2/c31-20(32)15-30-16-26-21-22(29-10-12-33-13-11-29)27-24(28-23(21)30)25-14-17-6-8-19(9-7-17)18-4-2-1-3-5-18;1-2-3-7-10-20-19-23-17(21-11-14-8-5-4-6-9-14)16-18(24-19)25(13-22-16)12-15(26)27;1-4-5-6-8-19-17-21-15(18-9-7-12(2)3)14-16(22-17)23(11-20-14)10-13(24)25/h6-9,16,18H,1-5,10-15H2,(H,31,32)(H,25,27,28);4-6,8-9,13H,2-3,7,10-12H2,1H3,(H,26,27)(H2,20,21,23,24);11-12H,4-10H2,1-3H3,(H,24,25)(H2,18,19,21,22). The average Bonchev–Trinajstić information content (AvgIpc) is 4.38. The van der Waals surface area contributed by atoms with E-state index in [9.17, 15) is 19.5 Å². The second-order valence-corrected chi connectivity index (χ2v) is 21.7. The highest BCUT2D eigenvalue weighted by atomic mass is 16.5. The fourth-order valence-electron chi connectivity index (χ4n) is 10.0. The summed E-state index contributed by atoms with van der Waals surface area (Å²) in [4.78, 5) is 76.0. The van der Waals surface area contributed by atoms with E-state index in [0.29, 0.717) is 120 Å². The van der Waals surface area contributed by atoms with E-state index in [1.165, 1.54) is 65.8 Å². The minimum absolute atomic E-state index is 0.172. The lowest BCUT2D eigenvalue weighted by molar-refractivity contribution is -0.138. The Balaban J connectivity index is 0.000000168. The van der Waals surface area contributed by atoms with E-state index in [-0.39, 0.29) is 19.6 Å². The molecule has 1 saturated heterocycles. The first-order chi connectivity index (χ1) is 41.3. The number of imidazole rings is 3. The molecule has 0 unspecified atom stereocenters. The van der Waals surface area contributed by atoms with Gasteiger partial charge in [-0.15, -0.1) is 0 Å². The number of hydrogen-bond acceptors (Lipinski definition) is 19. The quantitative estimate of drug-likeness (QED) is 0.0212. The topological polar surface area (TPSA) is 315 Å². The van der Waals surface area contributed by atoms with E-state index in [4.69, 9.17) is 19.9 Å². The van der Waals surface area contributed by atoms with Gasteiger partial charge in [0.1, 0.15) is 19.6 Å². The van der Waals surface area contributed by atoms with Gasteiger partial charge in [-0.3, -0.25) is 14.4 Å². The largest absolute Gasteiger partial charge is 0.480 e. The molecule has 2 aliphatic rings. The van der Waals surface area contributed by atoms with Crippen LogP contribution in [0.15, 0.2) is 73.6 Å². The smallest absolute Gasteiger partial charge is 0.323 e. The number of aliphatic carboxylic acids is 3. The molecule has 8 N–H and O–H groups in total. The number of nitrogens with zero attached hydrogens (tertiary/aromatic N) is 13. The van der Waals surface area contributed by atoms with Crippen LogP contribution in [-0.2, 0) is 51.8 Å². The van der Waals surface area contributed by atoms with Crippen LogP contribution in [0.25, 0.3) is 33.5 Å². The Labute approximate surface area is 494 Å². The van der Waals surface area contributed by atoms with Crippen molar-refractivity contribution in [2.45, 2.75) is 143 Å². The number of nitrogens with one attached hydrogen (secondary N) is 5. The zero-order chi connectivity index (χ0) is 59.9. The maximum Gasteiger partial charge on any atom is 0.323 e. The van der Waals surface area contributed by atoms with Crippen LogP contribution >= 0.6 is 0 Å². The monoisotopic (exact) mass is 1170 g/mol. The van der Waals surface area contributed by atoms with Gasteiger partial charge in [0.25, 0.3) is 0 Å². The molecule has 0 spiro atoms. The van der Waals surface area contributed by atoms with Crippen molar-refractivity contribution in [3.8, 4) is 0 Å². The molecule has 0 radical (unpaired) electrons. The van der Waals surface area contributed by atoms with Crippen LogP contribution in [0.5, 0.6) is 0 Å². The normalized spacial score (nSPS) is 13.5. The fraction of sp³-hybridized carbons (Fsp3) is 0.500. The molecular weight excluding hydrogens is 1080 g/mol. The molecule has 454 valence electrons. The van der Waals surface area contributed by atoms with Gasteiger partial charge in [-0.25, -0.2) is 15.0 Å². The highest BCUT2D eigenvalue weighted by Gasteiger charge is 2.23. The van der Waals surface area contributed by atoms with Gasteiger partial charge in [-0.05, 0) is 60.6 Å². The van der Waals surface area contributed by atoms with Crippen LogP contribution in [0.3, 0.4) is 0 Å². The fourth-order valence-corrected chi connectivity index (χ4v) is 10.0. The summed E-state index contributed by atoms with van der Waals surface area (Å²) >= 11 is 0. The van der Waals surface area contributed by atoms with Crippen LogP contribution in [0.4, 0.5) is 35.3 Å². The average molecular weight is 1170 g/mol. The van der Waals surface area contributed by atoms with E-state index in [2.05, 4.69) is 123 Å². The lowest BCUT2D eigenvalue weighted by atomic mass is 9.84. The summed E-state index contributed by atoms with van der Waals surface area (Å²) in [6.07, 6.45) is 18.8. The van der Waals surface area contributed by atoms with Crippen molar-refractivity contribution in [3.05, 3.63) is 90.3 Å². The number of ether oxygens (including phenoxy) is 1.